The Kier molecular flexibility index (Phi) is 5.37. The molecule has 1 N–H and O–H groups in total. The van der Waals surface area contributed by atoms with E-state index in [0.29, 0.717) is 5.92 Å². The summed E-state index contributed by atoms with van der Waals surface area (Å²) in [5.41, 5.74) is 2.51. The molecule has 0 spiro atoms. The van der Waals surface area contributed by atoms with Gasteiger partial charge < -0.3 is 10.1 Å². The maximum Gasteiger partial charge on any atom is 0.129 e. The lowest BCUT2D eigenvalue weighted by atomic mass is 10.1. The van der Waals surface area contributed by atoms with Gasteiger partial charge in [0.05, 0.1) is 12.3 Å². The molecule has 0 radical (unpaired) electrons. The topological polar surface area (TPSA) is 47.0 Å². The van der Waals surface area contributed by atoms with Crippen LogP contribution in [0.4, 0.5) is 5.82 Å². The summed E-state index contributed by atoms with van der Waals surface area (Å²) in [6, 6.07) is 12.7. The molecule has 4 nitrogen and oxygen atoms in total. The van der Waals surface area contributed by atoms with Crippen molar-refractivity contribution in [1.82, 2.24) is 9.97 Å². The van der Waals surface area contributed by atoms with E-state index >= 15 is 0 Å². The molecule has 2 aromatic rings. The number of benzene rings is 1. The van der Waals surface area contributed by atoms with E-state index in [1.54, 1.807) is 6.33 Å². The molecule has 22 heavy (non-hydrogen) atoms. The van der Waals surface area contributed by atoms with Gasteiger partial charge in [0, 0.05) is 25.1 Å². The first-order valence-corrected chi connectivity index (χ1v) is 8.09. The van der Waals surface area contributed by atoms with Crippen molar-refractivity contribution in [2.45, 2.75) is 31.6 Å². The molecular weight excluding hydrogens is 274 g/mol. The average Bonchev–Trinajstić information content (AvgIpc) is 3.10. The van der Waals surface area contributed by atoms with Crippen molar-refractivity contribution in [3.8, 4) is 0 Å². The summed E-state index contributed by atoms with van der Waals surface area (Å²) in [7, 11) is 0. The molecule has 2 heterocycles. The summed E-state index contributed by atoms with van der Waals surface area (Å²) in [5, 5.41) is 3.40. The maximum absolute atomic E-state index is 5.43. The molecule has 1 atom stereocenters. The van der Waals surface area contributed by atoms with Crippen LogP contribution in [-0.2, 0) is 11.2 Å². The second-order valence-electron chi connectivity index (χ2n) is 5.76. The second-order valence-corrected chi connectivity index (χ2v) is 5.76. The Balaban J connectivity index is 1.41. The van der Waals surface area contributed by atoms with Crippen molar-refractivity contribution in [2.75, 3.05) is 25.1 Å². The Bertz CT molecular complexity index is 568. The Hall–Kier alpha value is -1.94. The van der Waals surface area contributed by atoms with Crippen molar-refractivity contribution in [3.05, 3.63) is 54.0 Å². The summed E-state index contributed by atoms with van der Waals surface area (Å²) in [6.45, 7) is 2.58. The fourth-order valence-corrected chi connectivity index (χ4v) is 2.78. The molecule has 3 rings (SSSR count). The van der Waals surface area contributed by atoms with Crippen LogP contribution in [0.15, 0.2) is 42.7 Å². The summed E-state index contributed by atoms with van der Waals surface area (Å²) in [6.07, 6.45) is 6.18. The molecule has 1 fully saturated rings. The number of aryl methyl sites for hydroxylation is 1. The van der Waals surface area contributed by atoms with Gasteiger partial charge in [-0.15, -0.1) is 0 Å². The zero-order valence-electron chi connectivity index (χ0n) is 12.9. The van der Waals surface area contributed by atoms with E-state index in [4.69, 9.17) is 4.74 Å². The molecular formula is C18H23N3O. The molecule has 0 amide bonds. The smallest absolute Gasteiger partial charge is 0.129 e. The molecule has 1 aromatic carbocycles. The lowest BCUT2D eigenvalue weighted by Crippen LogP contribution is -2.07. The summed E-state index contributed by atoms with van der Waals surface area (Å²) >= 11 is 0. The first-order valence-electron chi connectivity index (χ1n) is 8.09. The monoisotopic (exact) mass is 297 g/mol. The van der Waals surface area contributed by atoms with Crippen LogP contribution in [0.1, 0.15) is 36.4 Å². The first-order chi connectivity index (χ1) is 10.9. The highest BCUT2D eigenvalue weighted by molar-refractivity contribution is 5.35. The standard InChI is InChI=1S/C18H23N3O/c1-2-6-15(7-3-1)8-4-5-10-19-18-12-17(20-14-21-18)16-9-11-22-13-16/h1-3,6-7,12,14,16H,4-5,8-11,13H2,(H,19,20,21)/t16-/m1/s1. The van der Waals surface area contributed by atoms with Crippen LogP contribution in [0.2, 0.25) is 0 Å². The Morgan fingerprint density at radius 3 is 2.86 bits per heavy atom. The average molecular weight is 297 g/mol. The van der Waals surface area contributed by atoms with Gasteiger partial charge in [0.1, 0.15) is 12.1 Å². The fourth-order valence-electron chi connectivity index (χ4n) is 2.78. The lowest BCUT2D eigenvalue weighted by Gasteiger charge is -2.10. The highest BCUT2D eigenvalue weighted by Gasteiger charge is 2.19. The molecule has 1 aliphatic heterocycles. The van der Waals surface area contributed by atoms with Gasteiger partial charge in [-0.05, 0) is 31.2 Å². The third-order valence-corrected chi connectivity index (χ3v) is 4.08. The number of rotatable bonds is 7. The largest absolute Gasteiger partial charge is 0.381 e. The van der Waals surface area contributed by atoms with E-state index in [-0.39, 0.29) is 0 Å². The minimum absolute atomic E-state index is 0.432. The number of hydrogen-bond donors (Lipinski definition) is 1. The van der Waals surface area contributed by atoms with Crippen LogP contribution >= 0.6 is 0 Å². The van der Waals surface area contributed by atoms with Crippen LogP contribution in [0.25, 0.3) is 0 Å². The van der Waals surface area contributed by atoms with Gasteiger partial charge in [0.25, 0.3) is 0 Å². The van der Waals surface area contributed by atoms with Crippen molar-refractivity contribution in [2.24, 2.45) is 0 Å². The van der Waals surface area contributed by atoms with E-state index in [9.17, 15) is 0 Å². The zero-order valence-corrected chi connectivity index (χ0v) is 12.9. The highest BCUT2D eigenvalue weighted by atomic mass is 16.5. The minimum Gasteiger partial charge on any atom is -0.381 e. The van der Waals surface area contributed by atoms with Gasteiger partial charge >= 0.3 is 0 Å². The van der Waals surface area contributed by atoms with Crippen LogP contribution < -0.4 is 5.32 Å². The summed E-state index contributed by atoms with van der Waals surface area (Å²) in [5.74, 6) is 1.36. The fraction of sp³-hybridized carbons (Fsp3) is 0.444. The minimum atomic E-state index is 0.432. The van der Waals surface area contributed by atoms with E-state index in [1.807, 2.05) is 0 Å². The number of unbranched alkanes of at least 4 members (excludes halogenated alkanes) is 1. The van der Waals surface area contributed by atoms with Crippen LogP contribution in [-0.4, -0.2) is 29.7 Å². The number of nitrogens with one attached hydrogen (secondary N) is 1. The third-order valence-electron chi connectivity index (χ3n) is 4.08. The third kappa shape index (κ3) is 4.28. The quantitative estimate of drug-likeness (QED) is 0.796. The molecule has 0 aliphatic carbocycles. The zero-order chi connectivity index (χ0) is 15.0. The van der Waals surface area contributed by atoms with Gasteiger partial charge in [0.15, 0.2) is 0 Å². The number of hydrogen-bond acceptors (Lipinski definition) is 4. The first kappa shape index (κ1) is 15.0. The molecule has 116 valence electrons. The molecule has 4 heteroatoms. The van der Waals surface area contributed by atoms with Crippen molar-refractivity contribution >= 4 is 5.82 Å². The molecule has 1 aliphatic rings. The van der Waals surface area contributed by atoms with E-state index in [0.717, 1.165) is 50.5 Å². The molecule has 0 saturated carbocycles. The highest BCUT2D eigenvalue weighted by Crippen LogP contribution is 2.24. The maximum atomic E-state index is 5.43. The van der Waals surface area contributed by atoms with Gasteiger partial charge in [-0.2, -0.15) is 0 Å². The SMILES string of the molecule is c1ccc(CCCCNc2cc([C@@H]3CCOC3)ncn2)cc1. The Morgan fingerprint density at radius 2 is 2.05 bits per heavy atom. The van der Waals surface area contributed by atoms with Gasteiger partial charge in [0.2, 0.25) is 0 Å². The van der Waals surface area contributed by atoms with Crippen LogP contribution in [0.3, 0.4) is 0 Å². The molecule has 1 aromatic heterocycles. The molecule has 1 saturated heterocycles. The van der Waals surface area contributed by atoms with Gasteiger partial charge in [-0.1, -0.05) is 30.3 Å². The Morgan fingerprint density at radius 1 is 1.14 bits per heavy atom. The second kappa shape index (κ2) is 7.90. The van der Waals surface area contributed by atoms with Crippen LogP contribution in [0, 0.1) is 0 Å². The number of ether oxygens (including phenoxy) is 1. The molecule has 0 bridgehead atoms. The predicted molar refractivity (Wildman–Crippen MR) is 88.1 cm³/mol. The predicted octanol–water partition coefficient (Wildman–Crippen LogP) is 3.42. The number of aromatic nitrogens is 2. The summed E-state index contributed by atoms with van der Waals surface area (Å²) < 4.78 is 5.43. The van der Waals surface area contributed by atoms with Gasteiger partial charge in [-0.25, -0.2) is 9.97 Å². The van der Waals surface area contributed by atoms with E-state index in [1.165, 1.54) is 12.0 Å². The van der Waals surface area contributed by atoms with Crippen molar-refractivity contribution < 1.29 is 4.74 Å². The summed E-state index contributed by atoms with van der Waals surface area (Å²) in [4.78, 5) is 8.68. The molecule has 0 unspecified atom stereocenters. The van der Waals surface area contributed by atoms with E-state index < -0.39 is 0 Å². The van der Waals surface area contributed by atoms with Crippen molar-refractivity contribution in [3.63, 3.8) is 0 Å². The van der Waals surface area contributed by atoms with Gasteiger partial charge in [-0.3, -0.25) is 0 Å². The van der Waals surface area contributed by atoms with Crippen molar-refractivity contribution in [1.29, 1.82) is 0 Å². The Labute approximate surface area is 132 Å². The number of nitrogens with zero attached hydrogens (tertiary/aromatic N) is 2. The van der Waals surface area contributed by atoms with Crippen LogP contribution in [0.5, 0.6) is 0 Å². The van der Waals surface area contributed by atoms with E-state index in [2.05, 4.69) is 51.7 Å². The number of anilines is 1. The normalized spacial score (nSPS) is 17.5. The lowest BCUT2D eigenvalue weighted by molar-refractivity contribution is 0.193.